The summed E-state index contributed by atoms with van der Waals surface area (Å²) in [6, 6.07) is 5.26. The van der Waals surface area contributed by atoms with Crippen molar-refractivity contribution in [1.82, 2.24) is 0 Å². The zero-order chi connectivity index (χ0) is 15.6. The van der Waals surface area contributed by atoms with Crippen LogP contribution in [0.1, 0.15) is 13.8 Å². The summed E-state index contributed by atoms with van der Waals surface area (Å²) in [5, 5.41) is 0. The molecule has 21 heavy (non-hydrogen) atoms. The number of aliphatic imine (C=N–C) groups is 1. The predicted molar refractivity (Wildman–Crippen MR) is 83.6 cm³/mol. The summed E-state index contributed by atoms with van der Waals surface area (Å²) in [6.07, 6.45) is 1.23. The summed E-state index contributed by atoms with van der Waals surface area (Å²) in [6.45, 7) is 3.00. The molecule has 6 nitrogen and oxygen atoms in total. The van der Waals surface area contributed by atoms with Crippen molar-refractivity contribution in [2.45, 2.75) is 19.6 Å². The van der Waals surface area contributed by atoms with E-state index in [1.807, 2.05) is 0 Å². The molecular weight excluding hydrogens is 389 g/mol. The molecule has 0 unspecified atom stereocenters. The maximum Gasteiger partial charge on any atom is 0.329 e. The van der Waals surface area contributed by atoms with Gasteiger partial charge in [0.2, 0.25) is 0 Å². The van der Waals surface area contributed by atoms with E-state index >= 15 is 0 Å². The Morgan fingerprint density at radius 3 is 2.43 bits per heavy atom. The van der Waals surface area contributed by atoms with Gasteiger partial charge in [0.1, 0.15) is 5.75 Å². The molecule has 0 atom stereocenters. The van der Waals surface area contributed by atoms with Crippen molar-refractivity contribution in [2.75, 3.05) is 7.11 Å². The highest BCUT2D eigenvalue weighted by atomic mass is 127. The Balaban J connectivity index is 2.16. The van der Waals surface area contributed by atoms with Gasteiger partial charge in [0.05, 0.1) is 16.4 Å². The van der Waals surface area contributed by atoms with Gasteiger partial charge in [-0.25, -0.2) is 0 Å². The van der Waals surface area contributed by atoms with E-state index in [4.69, 9.17) is 14.2 Å². The highest BCUT2D eigenvalue weighted by Gasteiger charge is 2.42. The van der Waals surface area contributed by atoms with E-state index in [0.717, 1.165) is 9.32 Å². The molecule has 0 aromatic heterocycles. The maximum atomic E-state index is 11.8. The average Bonchev–Trinajstić information content (AvgIpc) is 2.36. The lowest BCUT2D eigenvalue weighted by molar-refractivity contribution is -0.235. The van der Waals surface area contributed by atoms with Crippen LogP contribution in [0.2, 0.25) is 0 Å². The molecule has 112 valence electrons. The van der Waals surface area contributed by atoms with Gasteiger partial charge in [-0.15, -0.1) is 0 Å². The Labute approximate surface area is 135 Å². The predicted octanol–water partition coefficient (Wildman–Crippen LogP) is 2.45. The highest BCUT2D eigenvalue weighted by Crippen LogP contribution is 2.26. The van der Waals surface area contributed by atoms with Gasteiger partial charge in [-0.05, 0) is 40.8 Å². The largest absolute Gasteiger partial charge is 0.496 e. The minimum atomic E-state index is -1.23. The van der Waals surface area contributed by atoms with Gasteiger partial charge in [0.25, 0.3) is 5.79 Å². The molecule has 0 amide bonds. The number of ether oxygens (including phenoxy) is 3. The number of hydrogen-bond donors (Lipinski definition) is 0. The van der Waals surface area contributed by atoms with Gasteiger partial charge < -0.3 is 14.2 Å². The van der Waals surface area contributed by atoms with E-state index in [9.17, 15) is 9.59 Å². The van der Waals surface area contributed by atoms with Crippen LogP contribution < -0.4 is 4.74 Å². The van der Waals surface area contributed by atoms with Crippen LogP contribution in [0, 0.1) is 9.49 Å². The standard InChI is InChI=1S/C14H14INO5/c1-14(2)20-12(17)9(13(18)21-14)7-16-8-4-5-11(19-3)10(15)6-8/h4-7,9H,1-3H3. The topological polar surface area (TPSA) is 74.2 Å². The van der Waals surface area contributed by atoms with Crippen LogP contribution in [0.5, 0.6) is 5.75 Å². The van der Waals surface area contributed by atoms with Crippen molar-refractivity contribution in [2.24, 2.45) is 10.9 Å². The van der Waals surface area contributed by atoms with E-state index in [1.165, 1.54) is 20.1 Å². The first kappa shape index (κ1) is 15.7. The number of hydrogen-bond acceptors (Lipinski definition) is 6. The van der Waals surface area contributed by atoms with Crippen LogP contribution in [0.15, 0.2) is 23.2 Å². The molecule has 1 aromatic carbocycles. The van der Waals surface area contributed by atoms with Crippen molar-refractivity contribution in [1.29, 1.82) is 0 Å². The van der Waals surface area contributed by atoms with Crippen molar-refractivity contribution in [3.05, 3.63) is 21.8 Å². The van der Waals surface area contributed by atoms with Gasteiger partial charge >= 0.3 is 11.9 Å². The number of cyclic esters (lactones) is 2. The van der Waals surface area contributed by atoms with Crippen LogP contribution in [0.4, 0.5) is 5.69 Å². The van der Waals surface area contributed by atoms with Gasteiger partial charge in [0.15, 0.2) is 5.92 Å². The summed E-state index contributed by atoms with van der Waals surface area (Å²) < 4.78 is 16.0. The second-order valence-corrected chi connectivity index (χ2v) is 5.98. The first-order valence-corrected chi connectivity index (χ1v) is 7.24. The average molecular weight is 403 g/mol. The van der Waals surface area contributed by atoms with Crippen LogP contribution in [0.3, 0.4) is 0 Å². The number of halogens is 1. The lowest BCUT2D eigenvalue weighted by atomic mass is 10.1. The molecule has 1 fully saturated rings. The molecule has 1 heterocycles. The highest BCUT2D eigenvalue weighted by molar-refractivity contribution is 14.1. The first-order chi connectivity index (χ1) is 9.82. The van der Waals surface area contributed by atoms with E-state index in [0.29, 0.717) is 5.69 Å². The summed E-state index contributed by atoms with van der Waals surface area (Å²) in [4.78, 5) is 27.7. The van der Waals surface area contributed by atoms with Crippen molar-refractivity contribution >= 4 is 46.4 Å². The molecule has 1 aliphatic heterocycles. The van der Waals surface area contributed by atoms with Crippen molar-refractivity contribution in [3.8, 4) is 5.75 Å². The molecule has 0 bridgehead atoms. The fraction of sp³-hybridized carbons (Fsp3) is 0.357. The molecular formula is C14H14INO5. The van der Waals surface area contributed by atoms with Crippen LogP contribution in [-0.2, 0) is 19.1 Å². The lowest BCUT2D eigenvalue weighted by Gasteiger charge is -2.31. The third-order valence-corrected chi connectivity index (χ3v) is 3.55. The molecule has 1 aromatic rings. The molecule has 0 N–H and O–H groups in total. The Kier molecular flexibility index (Phi) is 4.50. The number of benzene rings is 1. The minimum absolute atomic E-state index is 0.602. The maximum absolute atomic E-state index is 11.8. The van der Waals surface area contributed by atoms with E-state index < -0.39 is 23.6 Å². The van der Waals surface area contributed by atoms with Gasteiger partial charge in [0, 0.05) is 20.1 Å². The second kappa shape index (κ2) is 6.00. The van der Waals surface area contributed by atoms with E-state index in [-0.39, 0.29) is 0 Å². The Hall–Kier alpha value is -1.64. The van der Waals surface area contributed by atoms with Gasteiger partial charge in [-0.1, -0.05) is 0 Å². The molecule has 0 radical (unpaired) electrons. The summed E-state index contributed by atoms with van der Waals surface area (Å²) in [7, 11) is 1.58. The molecule has 7 heteroatoms. The van der Waals surface area contributed by atoms with Crippen LogP contribution in [0.25, 0.3) is 0 Å². The van der Waals surface area contributed by atoms with E-state index in [1.54, 1.807) is 25.3 Å². The van der Waals surface area contributed by atoms with Crippen molar-refractivity contribution in [3.63, 3.8) is 0 Å². The monoisotopic (exact) mass is 403 g/mol. The number of nitrogens with zero attached hydrogens (tertiary/aromatic N) is 1. The Morgan fingerprint density at radius 1 is 1.29 bits per heavy atom. The number of carbonyl (C=O) groups excluding carboxylic acids is 2. The van der Waals surface area contributed by atoms with Gasteiger partial charge in [-0.3, -0.25) is 14.6 Å². The number of carbonyl (C=O) groups is 2. The third-order valence-electron chi connectivity index (χ3n) is 2.71. The van der Waals surface area contributed by atoms with Crippen LogP contribution >= 0.6 is 22.6 Å². The SMILES string of the molecule is COc1ccc(N=CC2C(=O)OC(C)(C)OC2=O)cc1I. The Morgan fingerprint density at radius 2 is 1.90 bits per heavy atom. The number of methoxy groups -OCH3 is 1. The molecule has 2 rings (SSSR count). The van der Waals surface area contributed by atoms with Gasteiger partial charge in [-0.2, -0.15) is 0 Å². The quantitative estimate of drug-likeness (QED) is 0.336. The summed E-state index contributed by atoms with van der Waals surface area (Å²) in [5.41, 5.74) is 0.602. The zero-order valence-electron chi connectivity index (χ0n) is 11.8. The molecule has 0 aliphatic carbocycles. The van der Waals surface area contributed by atoms with Crippen molar-refractivity contribution < 1.29 is 23.8 Å². The fourth-order valence-electron chi connectivity index (χ4n) is 1.75. The molecule has 0 spiro atoms. The first-order valence-electron chi connectivity index (χ1n) is 6.16. The smallest absolute Gasteiger partial charge is 0.329 e. The number of esters is 2. The van der Waals surface area contributed by atoms with E-state index in [2.05, 4.69) is 27.6 Å². The second-order valence-electron chi connectivity index (χ2n) is 4.82. The third kappa shape index (κ3) is 3.72. The van der Waals surface area contributed by atoms with Crippen LogP contribution in [-0.4, -0.2) is 31.1 Å². The number of rotatable bonds is 3. The summed E-state index contributed by atoms with van der Waals surface area (Å²) >= 11 is 2.11. The minimum Gasteiger partial charge on any atom is -0.496 e. The lowest BCUT2D eigenvalue weighted by Crippen LogP contribution is -2.46. The molecule has 1 aliphatic rings. The molecule has 1 saturated heterocycles. The molecule has 0 saturated carbocycles. The fourth-order valence-corrected chi connectivity index (χ4v) is 2.47. The summed E-state index contributed by atoms with van der Waals surface area (Å²) in [5.74, 6) is -2.97. The normalized spacial score (nSPS) is 18.5. The zero-order valence-corrected chi connectivity index (χ0v) is 13.9. The Bertz CT molecular complexity index is 591.